The third kappa shape index (κ3) is 3.04. The Labute approximate surface area is 146 Å². The predicted molar refractivity (Wildman–Crippen MR) is 91.9 cm³/mol. The molecule has 3 aliphatic rings. The minimum Gasteiger partial charge on any atom is -0.486 e. The summed E-state index contributed by atoms with van der Waals surface area (Å²) in [5, 5.41) is 3.29. The molecule has 3 aliphatic heterocycles. The molecule has 25 heavy (non-hydrogen) atoms. The molecule has 0 aromatic heterocycles. The molecule has 4 rings (SSSR count). The predicted octanol–water partition coefficient (Wildman–Crippen LogP) is 0.631. The molecule has 0 aliphatic carbocycles. The van der Waals surface area contributed by atoms with Crippen molar-refractivity contribution in [3.8, 4) is 11.5 Å². The summed E-state index contributed by atoms with van der Waals surface area (Å²) in [6.45, 7) is 5.82. The Morgan fingerprint density at radius 3 is 2.84 bits per heavy atom. The molecule has 0 bridgehead atoms. The molecule has 2 amide bonds. The van der Waals surface area contributed by atoms with Crippen LogP contribution >= 0.6 is 0 Å². The van der Waals surface area contributed by atoms with Crippen molar-refractivity contribution in [3.05, 3.63) is 18.2 Å². The zero-order valence-electron chi connectivity index (χ0n) is 14.4. The number of benzene rings is 1. The van der Waals surface area contributed by atoms with Crippen molar-refractivity contribution in [2.24, 2.45) is 5.92 Å². The van der Waals surface area contributed by atoms with Gasteiger partial charge in [0, 0.05) is 50.4 Å². The fourth-order valence-electron chi connectivity index (χ4n) is 3.73. The van der Waals surface area contributed by atoms with Gasteiger partial charge in [0.05, 0.1) is 5.92 Å². The Morgan fingerprint density at radius 2 is 2.04 bits per heavy atom. The molecule has 1 aromatic carbocycles. The Bertz CT molecular complexity index is 693. The number of ether oxygens (including phenoxy) is 2. The maximum atomic E-state index is 12.8. The summed E-state index contributed by atoms with van der Waals surface area (Å²) >= 11 is 0. The number of piperazine rings is 1. The number of fused-ring (bicyclic) bond motifs is 1. The summed E-state index contributed by atoms with van der Waals surface area (Å²) in [4.78, 5) is 28.9. The van der Waals surface area contributed by atoms with Crippen molar-refractivity contribution in [1.29, 1.82) is 0 Å². The third-order valence-corrected chi connectivity index (χ3v) is 5.10. The van der Waals surface area contributed by atoms with E-state index in [-0.39, 0.29) is 30.2 Å². The summed E-state index contributed by atoms with van der Waals surface area (Å²) in [7, 11) is 0. The van der Waals surface area contributed by atoms with Gasteiger partial charge in [-0.05, 0) is 19.1 Å². The van der Waals surface area contributed by atoms with E-state index in [2.05, 4.69) is 5.32 Å². The molecule has 1 unspecified atom stereocenters. The van der Waals surface area contributed by atoms with Gasteiger partial charge in [-0.25, -0.2) is 0 Å². The van der Waals surface area contributed by atoms with Crippen LogP contribution in [0.5, 0.6) is 11.5 Å². The van der Waals surface area contributed by atoms with Crippen LogP contribution in [0.3, 0.4) is 0 Å². The molecule has 0 radical (unpaired) electrons. The van der Waals surface area contributed by atoms with Crippen molar-refractivity contribution in [3.63, 3.8) is 0 Å². The average molecular weight is 345 g/mol. The fraction of sp³-hybridized carbons (Fsp3) is 0.556. The van der Waals surface area contributed by atoms with Gasteiger partial charge >= 0.3 is 0 Å². The van der Waals surface area contributed by atoms with E-state index in [9.17, 15) is 9.59 Å². The van der Waals surface area contributed by atoms with E-state index < -0.39 is 0 Å². The SMILES string of the molecule is C[C@H]1CNCCN1C(=O)C1CC(=O)N(c2ccc3c(c2)OCCO3)C1. The van der Waals surface area contributed by atoms with Crippen LogP contribution in [0.1, 0.15) is 13.3 Å². The highest BCUT2D eigenvalue weighted by molar-refractivity contribution is 6.00. The quantitative estimate of drug-likeness (QED) is 0.851. The van der Waals surface area contributed by atoms with Crippen molar-refractivity contribution in [2.45, 2.75) is 19.4 Å². The van der Waals surface area contributed by atoms with Crippen LogP contribution in [0, 0.1) is 5.92 Å². The van der Waals surface area contributed by atoms with Crippen LogP contribution in [-0.4, -0.2) is 62.1 Å². The van der Waals surface area contributed by atoms with Crippen molar-refractivity contribution in [2.75, 3.05) is 44.3 Å². The molecular formula is C18H23N3O4. The fourth-order valence-corrected chi connectivity index (χ4v) is 3.73. The zero-order valence-corrected chi connectivity index (χ0v) is 14.4. The highest BCUT2D eigenvalue weighted by Crippen LogP contribution is 2.36. The smallest absolute Gasteiger partial charge is 0.228 e. The maximum absolute atomic E-state index is 12.8. The standard InChI is InChI=1S/C18H23N3O4/c1-12-10-19-4-5-20(12)18(23)13-8-17(22)21(11-13)14-2-3-15-16(9-14)25-7-6-24-15/h2-3,9,12-13,19H,4-8,10-11H2,1H3/t12-,13?/m0/s1. The van der Waals surface area contributed by atoms with E-state index in [4.69, 9.17) is 9.47 Å². The maximum Gasteiger partial charge on any atom is 0.228 e. The van der Waals surface area contributed by atoms with Gasteiger partial charge in [-0.15, -0.1) is 0 Å². The molecule has 1 N–H and O–H groups in total. The van der Waals surface area contributed by atoms with Gasteiger partial charge in [-0.1, -0.05) is 0 Å². The second-order valence-electron chi connectivity index (χ2n) is 6.82. The Morgan fingerprint density at radius 1 is 1.24 bits per heavy atom. The highest BCUT2D eigenvalue weighted by Gasteiger charge is 2.39. The van der Waals surface area contributed by atoms with Crippen LogP contribution in [0.4, 0.5) is 5.69 Å². The topological polar surface area (TPSA) is 71.1 Å². The van der Waals surface area contributed by atoms with Gasteiger partial charge in [-0.2, -0.15) is 0 Å². The molecule has 7 heteroatoms. The molecule has 134 valence electrons. The summed E-state index contributed by atoms with van der Waals surface area (Å²) in [6, 6.07) is 5.67. The first-order valence-electron chi connectivity index (χ1n) is 8.84. The van der Waals surface area contributed by atoms with E-state index in [1.54, 1.807) is 4.90 Å². The van der Waals surface area contributed by atoms with E-state index in [1.165, 1.54) is 0 Å². The molecular weight excluding hydrogens is 322 g/mol. The molecule has 2 fully saturated rings. The number of hydrogen-bond donors (Lipinski definition) is 1. The van der Waals surface area contributed by atoms with Crippen LogP contribution in [0.15, 0.2) is 18.2 Å². The molecule has 2 saturated heterocycles. The number of hydrogen-bond acceptors (Lipinski definition) is 5. The first-order valence-corrected chi connectivity index (χ1v) is 8.84. The second-order valence-corrected chi connectivity index (χ2v) is 6.82. The van der Waals surface area contributed by atoms with Gasteiger partial charge in [0.1, 0.15) is 13.2 Å². The number of amides is 2. The summed E-state index contributed by atoms with van der Waals surface area (Å²) in [5.74, 6) is 1.15. The summed E-state index contributed by atoms with van der Waals surface area (Å²) < 4.78 is 11.1. The van der Waals surface area contributed by atoms with Crippen LogP contribution < -0.4 is 19.7 Å². The molecule has 7 nitrogen and oxygen atoms in total. The molecule has 3 heterocycles. The van der Waals surface area contributed by atoms with Crippen LogP contribution in [0.2, 0.25) is 0 Å². The van der Waals surface area contributed by atoms with E-state index >= 15 is 0 Å². The highest BCUT2D eigenvalue weighted by atomic mass is 16.6. The average Bonchev–Trinajstić information content (AvgIpc) is 3.03. The lowest BCUT2D eigenvalue weighted by atomic mass is 10.1. The lowest BCUT2D eigenvalue weighted by Gasteiger charge is -2.35. The minimum atomic E-state index is -0.277. The molecule has 0 spiro atoms. The number of nitrogens with one attached hydrogen (secondary N) is 1. The first kappa shape index (κ1) is 16.2. The van der Waals surface area contributed by atoms with Crippen molar-refractivity contribution >= 4 is 17.5 Å². The summed E-state index contributed by atoms with van der Waals surface area (Å²) in [5.41, 5.74) is 0.762. The number of anilines is 1. The van der Waals surface area contributed by atoms with E-state index in [0.29, 0.717) is 37.8 Å². The third-order valence-electron chi connectivity index (χ3n) is 5.10. The molecule has 2 atom stereocenters. The van der Waals surface area contributed by atoms with Gasteiger partial charge in [0.15, 0.2) is 11.5 Å². The zero-order chi connectivity index (χ0) is 17.4. The second kappa shape index (κ2) is 6.55. The lowest BCUT2D eigenvalue weighted by Crippen LogP contribution is -2.54. The Kier molecular flexibility index (Phi) is 4.25. The lowest BCUT2D eigenvalue weighted by molar-refractivity contribution is -0.138. The molecule has 0 saturated carbocycles. The molecule has 1 aromatic rings. The number of carbonyl (C=O) groups excluding carboxylic acids is 2. The van der Waals surface area contributed by atoms with Gasteiger partial charge in [0.25, 0.3) is 0 Å². The van der Waals surface area contributed by atoms with E-state index in [0.717, 1.165) is 18.8 Å². The van der Waals surface area contributed by atoms with Gasteiger partial charge in [-0.3, -0.25) is 9.59 Å². The first-order chi connectivity index (χ1) is 12.1. The van der Waals surface area contributed by atoms with Gasteiger partial charge in [0.2, 0.25) is 11.8 Å². The van der Waals surface area contributed by atoms with Crippen molar-refractivity contribution in [1.82, 2.24) is 10.2 Å². The largest absolute Gasteiger partial charge is 0.486 e. The summed E-state index contributed by atoms with van der Waals surface area (Å²) in [6.07, 6.45) is 0.268. The Balaban J connectivity index is 1.49. The Hall–Kier alpha value is -2.28. The number of nitrogens with zero attached hydrogens (tertiary/aromatic N) is 2. The number of carbonyl (C=O) groups is 2. The normalized spacial score (nSPS) is 26.0. The van der Waals surface area contributed by atoms with Crippen molar-refractivity contribution < 1.29 is 19.1 Å². The monoisotopic (exact) mass is 345 g/mol. The number of rotatable bonds is 2. The van der Waals surface area contributed by atoms with Gasteiger partial charge < -0.3 is 24.6 Å². The van der Waals surface area contributed by atoms with Crippen LogP contribution in [-0.2, 0) is 9.59 Å². The van der Waals surface area contributed by atoms with Crippen LogP contribution in [0.25, 0.3) is 0 Å². The minimum absolute atomic E-state index is 0.0159. The van der Waals surface area contributed by atoms with E-state index in [1.807, 2.05) is 30.0 Å².